The summed E-state index contributed by atoms with van der Waals surface area (Å²) in [7, 11) is 0. The minimum atomic E-state index is -0.190. The number of halogens is 1. The van der Waals surface area contributed by atoms with Gasteiger partial charge in [-0.3, -0.25) is 4.79 Å². The van der Waals surface area contributed by atoms with Gasteiger partial charge in [0, 0.05) is 19.3 Å². The lowest BCUT2D eigenvalue weighted by Crippen LogP contribution is -2.29. The van der Waals surface area contributed by atoms with E-state index in [4.69, 9.17) is 22.1 Å². The lowest BCUT2D eigenvalue weighted by molar-refractivity contribution is 0.0117. The van der Waals surface area contributed by atoms with Gasteiger partial charge in [0.25, 0.3) is 5.91 Å². The van der Waals surface area contributed by atoms with Gasteiger partial charge in [-0.2, -0.15) is 0 Å². The molecule has 0 radical (unpaired) electrons. The monoisotopic (exact) mass is 283 g/mol. The zero-order valence-corrected chi connectivity index (χ0v) is 11.4. The molecule has 1 saturated heterocycles. The Balaban J connectivity index is 1.78. The van der Waals surface area contributed by atoms with E-state index >= 15 is 0 Å². The minimum absolute atomic E-state index is 0.190. The van der Waals surface area contributed by atoms with Gasteiger partial charge in [0.15, 0.2) is 0 Å². The van der Waals surface area contributed by atoms with Gasteiger partial charge in [-0.05, 0) is 31.7 Å². The van der Waals surface area contributed by atoms with Crippen LogP contribution in [0.5, 0.6) is 0 Å². The Kier molecular flexibility index (Phi) is 4.99. The summed E-state index contributed by atoms with van der Waals surface area (Å²) in [6.45, 7) is 1.42. The summed E-state index contributed by atoms with van der Waals surface area (Å²) < 4.78 is 5.60. The molecule has 1 fully saturated rings. The third-order valence-electron chi connectivity index (χ3n) is 3.16. The smallest absolute Gasteiger partial charge is 0.252 e. The number of rotatable bonds is 4. The lowest BCUT2D eigenvalue weighted by Gasteiger charge is -2.22. The van der Waals surface area contributed by atoms with Gasteiger partial charge in [-0.15, -0.1) is 0 Å². The maximum atomic E-state index is 11.9. The van der Waals surface area contributed by atoms with E-state index in [2.05, 4.69) is 10.3 Å². The van der Waals surface area contributed by atoms with Gasteiger partial charge in [0.1, 0.15) is 5.82 Å². The molecule has 19 heavy (non-hydrogen) atoms. The van der Waals surface area contributed by atoms with Crippen molar-refractivity contribution >= 4 is 23.3 Å². The minimum Gasteiger partial charge on any atom is -0.382 e. The first-order valence-electron chi connectivity index (χ1n) is 6.47. The van der Waals surface area contributed by atoms with Crippen LogP contribution < -0.4 is 11.1 Å². The van der Waals surface area contributed by atoms with Crippen molar-refractivity contribution in [3.63, 3.8) is 0 Å². The molecule has 1 atom stereocenters. The van der Waals surface area contributed by atoms with Gasteiger partial charge in [-0.25, -0.2) is 4.98 Å². The van der Waals surface area contributed by atoms with Gasteiger partial charge in [-0.1, -0.05) is 11.6 Å². The average Bonchev–Trinajstić information content (AvgIpc) is 2.43. The van der Waals surface area contributed by atoms with Crippen molar-refractivity contribution < 1.29 is 9.53 Å². The van der Waals surface area contributed by atoms with Crippen LogP contribution >= 0.6 is 11.6 Å². The van der Waals surface area contributed by atoms with Crippen LogP contribution in [-0.2, 0) is 4.74 Å². The Hall–Kier alpha value is -1.33. The zero-order valence-electron chi connectivity index (χ0n) is 10.7. The number of pyridine rings is 1. The lowest BCUT2D eigenvalue weighted by atomic mass is 10.1. The van der Waals surface area contributed by atoms with E-state index in [-0.39, 0.29) is 17.8 Å². The van der Waals surface area contributed by atoms with E-state index in [9.17, 15) is 4.79 Å². The summed E-state index contributed by atoms with van der Waals surface area (Å²) in [6.07, 6.45) is 5.94. The largest absolute Gasteiger partial charge is 0.382 e. The number of nitrogens with zero attached hydrogens (tertiary/aromatic N) is 1. The Morgan fingerprint density at radius 3 is 3.11 bits per heavy atom. The summed E-state index contributed by atoms with van der Waals surface area (Å²) in [6, 6.07) is 1.52. The van der Waals surface area contributed by atoms with Crippen molar-refractivity contribution in [2.24, 2.45) is 0 Å². The molecule has 1 amide bonds. The Bertz CT molecular complexity index is 448. The molecule has 1 aliphatic rings. The maximum absolute atomic E-state index is 11.9. The summed E-state index contributed by atoms with van der Waals surface area (Å²) in [5.74, 6) is 0.0408. The van der Waals surface area contributed by atoms with E-state index in [1.165, 1.54) is 18.7 Å². The highest BCUT2D eigenvalue weighted by molar-refractivity contribution is 6.33. The Labute approximate surface area is 117 Å². The molecule has 0 aromatic carbocycles. The van der Waals surface area contributed by atoms with Crippen LogP contribution in [0.4, 0.5) is 5.82 Å². The molecule has 2 rings (SSSR count). The second-order valence-electron chi connectivity index (χ2n) is 4.62. The molecule has 6 heteroatoms. The van der Waals surface area contributed by atoms with Crippen LogP contribution in [0, 0.1) is 0 Å². The molecule has 1 aromatic rings. The van der Waals surface area contributed by atoms with Crippen LogP contribution in [0.3, 0.4) is 0 Å². The van der Waals surface area contributed by atoms with Crippen molar-refractivity contribution in [3.05, 3.63) is 22.8 Å². The van der Waals surface area contributed by atoms with Crippen molar-refractivity contribution in [1.29, 1.82) is 0 Å². The highest BCUT2D eigenvalue weighted by Gasteiger charge is 2.14. The number of carbonyl (C=O) groups is 1. The Morgan fingerprint density at radius 2 is 2.42 bits per heavy atom. The van der Waals surface area contributed by atoms with E-state index in [0.717, 1.165) is 25.9 Å². The molecule has 104 valence electrons. The number of hydrogen-bond acceptors (Lipinski definition) is 4. The second-order valence-corrected chi connectivity index (χ2v) is 5.03. The van der Waals surface area contributed by atoms with E-state index < -0.39 is 0 Å². The molecule has 0 saturated carbocycles. The fourth-order valence-electron chi connectivity index (χ4n) is 2.06. The molecule has 1 aliphatic heterocycles. The highest BCUT2D eigenvalue weighted by Crippen LogP contribution is 2.17. The molecule has 0 spiro atoms. The first-order valence-corrected chi connectivity index (χ1v) is 6.85. The number of carbonyl (C=O) groups excluding carboxylic acids is 1. The zero-order chi connectivity index (χ0) is 13.7. The summed E-state index contributed by atoms with van der Waals surface area (Å²) >= 11 is 5.83. The van der Waals surface area contributed by atoms with Crippen LogP contribution in [0.25, 0.3) is 0 Å². The van der Waals surface area contributed by atoms with Crippen LogP contribution in [-0.4, -0.2) is 30.1 Å². The molecule has 3 N–H and O–H groups in total. The average molecular weight is 284 g/mol. The van der Waals surface area contributed by atoms with Crippen molar-refractivity contribution in [2.45, 2.75) is 31.8 Å². The number of ether oxygens (including phenoxy) is 1. The first-order chi connectivity index (χ1) is 9.16. The molecular formula is C13H18ClN3O2. The fourth-order valence-corrected chi connectivity index (χ4v) is 2.22. The second kappa shape index (κ2) is 6.73. The molecule has 0 bridgehead atoms. The standard InChI is InChI=1S/C13H18ClN3O2/c14-11-7-9(8-17-12(11)15)13(18)16-5-4-10-3-1-2-6-19-10/h7-8,10H,1-6H2,(H2,15,17)(H,16,18). The molecule has 1 unspecified atom stereocenters. The molecule has 0 aliphatic carbocycles. The maximum Gasteiger partial charge on any atom is 0.252 e. The third kappa shape index (κ3) is 4.08. The SMILES string of the molecule is Nc1ncc(C(=O)NCCC2CCCCO2)cc1Cl. The van der Waals surface area contributed by atoms with Gasteiger partial charge in [0.05, 0.1) is 16.7 Å². The summed E-state index contributed by atoms with van der Waals surface area (Å²) in [5, 5.41) is 3.13. The number of amides is 1. The fraction of sp³-hybridized carbons (Fsp3) is 0.538. The highest BCUT2D eigenvalue weighted by atomic mass is 35.5. The van der Waals surface area contributed by atoms with E-state index in [0.29, 0.717) is 17.1 Å². The number of nitrogens with two attached hydrogens (primary N) is 1. The quantitative estimate of drug-likeness (QED) is 0.886. The first kappa shape index (κ1) is 14.1. The molecule has 5 nitrogen and oxygen atoms in total. The topological polar surface area (TPSA) is 77.2 Å². The number of nitrogens with one attached hydrogen (secondary N) is 1. The number of nitrogen functional groups attached to an aromatic ring is 1. The van der Waals surface area contributed by atoms with Gasteiger partial charge >= 0.3 is 0 Å². The van der Waals surface area contributed by atoms with Crippen molar-refractivity contribution in [3.8, 4) is 0 Å². The molecular weight excluding hydrogens is 266 g/mol. The Morgan fingerprint density at radius 1 is 1.58 bits per heavy atom. The van der Waals surface area contributed by atoms with E-state index in [1.54, 1.807) is 0 Å². The van der Waals surface area contributed by atoms with Gasteiger partial charge < -0.3 is 15.8 Å². The number of hydrogen-bond donors (Lipinski definition) is 2. The van der Waals surface area contributed by atoms with Gasteiger partial charge in [0.2, 0.25) is 0 Å². The predicted octanol–water partition coefficient (Wildman–Crippen LogP) is 2.01. The normalized spacial score (nSPS) is 19.1. The number of anilines is 1. The molecule has 1 aromatic heterocycles. The summed E-state index contributed by atoms with van der Waals surface area (Å²) in [4.78, 5) is 15.7. The number of aromatic nitrogens is 1. The summed E-state index contributed by atoms with van der Waals surface area (Å²) in [5.41, 5.74) is 5.92. The van der Waals surface area contributed by atoms with Crippen molar-refractivity contribution in [1.82, 2.24) is 10.3 Å². The molecule has 2 heterocycles. The van der Waals surface area contributed by atoms with E-state index in [1.807, 2.05) is 0 Å². The van der Waals surface area contributed by atoms with Crippen LogP contribution in [0.1, 0.15) is 36.0 Å². The van der Waals surface area contributed by atoms with Crippen LogP contribution in [0.15, 0.2) is 12.3 Å². The van der Waals surface area contributed by atoms with Crippen LogP contribution in [0.2, 0.25) is 5.02 Å². The van der Waals surface area contributed by atoms with Crippen molar-refractivity contribution in [2.75, 3.05) is 18.9 Å². The predicted molar refractivity (Wildman–Crippen MR) is 74.2 cm³/mol. The third-order valence-corrected chi connectivity index (χ3v) is 3.46.